The Morgan fingerprint density at radius 3 is 1.94 bits per heavy atom. The van der Waals surface area contributed by atoms with Gasteiger partial charge in [0.2, 0.25) is 0 Å². The van der Waals surface area contributed by atoms with Crippen molar-refractivity contribution in [3.8, 4) is 11.4 Å². The molecule has 0 unspecified atom stereocenters. The molecule has 0 atom stereocenters. The van der Waals surface area contributed by atoms with Crippen LogP contribution in [0.5, 0.6) is 0 Å². The number of benzene rings is 5. The number of para-hydroxylation sites is 4. The van der Waals surface area contributed by atoms with Gasteiger partial charge < -0.3 is 9.13 Å². The van der Waals surface area contributed by atoms with E-state index in [4.69, 9.17) is 0 Å². The Bertz CT molecular complexity index is 1970. The van der Waals surface area contributed by atoms with Gasteiger partial charge >= 0.3 is 0 Å². The summed E-state index contributed by atoms with van der Waals surface area (Å²) in [7, 11) is 0. The standard InChI is InChI=1S/C33H24N2/c1-33(2)25-16-8-11-19-29(25)35-28-18-10-7-15-23(28)30-31-24(20-26(33)32(30)35)22-14-6-9-17-27(22)34(31)21-12-4-3-5-13-21/h3-20H,1-2H3. The lowest BCUT2D eigenvalue weighted by atomic mass is 9.74. The van der Waals surface area contributed by atoms with E-state index in [2.05, 4.69) is 132 Å². The van der Waals surface area contributed by atoms with E-state index in [0.29, 0.717) is 0 Å². The number of aromatic nitrogens is 2. The van der Waals surface area contributed by atoms with Crippen molar-refractivity contribution < 1.29 is 0 Å². The molecule has 0 saturated carbocycles. The number of rotatable bonds is 1. The number of nitrogens with zero attached hydrogens (tertiary/aromatic N) is 2. The van der Waals surface area contributed by atoms with E-state index in [1.165, 1.54) is 66.1 Å². The Balaban J connectivity index is 1.74. The van der Waals surface area contributed by atoms with Crippen molar-refractivity contribution in [3.05, 3.63) is 120 Å². The van der Waals surface area contributed by atoms with Crippen molar-refractivity contribution in [2.24, 2.45) is 0 Å². The smallest absolute Gasteiger partial charge is 0.0641 e. The molecule has 3 heterocycles. The molecular weight excluding hydrogens is 424 g/mol. The summed E-state index contributed by atoms with van der Waals surface area (Å²) < 4.78 is 4.97. The van der Waals surface area contributed by atoms with Crippen LogP contribution in [0.15, 0.2) is 109 Å². The molecule has 7 aromatic rings. The van der Waals surface area contributed by atoms with Gasteiger partial charge in [-0.2, -0.15) is 0 Å². The molecule has 0 aliphatic carbocycles. The summed E-state index contributed by atoms with van der Waals surface area (Å²) in [6.45, 7) is 4.76. The fourth-order valence-corrected chi connectivity index (χ4v) is 6.52. The van der Waals surface area contributed by atoms with Gasteiger partial charge in [0.05, 0.1) is 27.8 Å². The van der Waals surface area contributed by atoms with Crippen LogP contribution >= 0.6 is 0 Å². The zero-order chi connectivity index (χ0) is 23.3. The van der Waals surface area contributed by atoms with Gasteiger partial charge in [-0.05, 0) is 47.5 Å². The van der Waals surface area contributed by atoms with Crippen LogP contribution in [0, 0.1) is 0 Å². The Morgan fingerprint density at radius 1 is 0.514 bits per heavy atom. The van der Waals surface area contributed by atoms with Crippen LogP contribution in [0.4, 0.5) is 0 Å². The fourth-order valence-electron chi connectivity index (χ4n) is 6.52. The van der Waals surface area contributed by atoms with Gasteiger partial charge in [0.1, 0.15) is 0 Å². The molecule has 2 nitrogen and oxygen atoms in total. The van der Waals surface area contributed by atoms with Crippen LogP contribution in [-0.2, 0) is 5.41 Å². The van der Waals surface area contributed by atoms with Crippen molar-refractivity contribution in [1.82, 2.24) is 9.13 Å². The lowest BCUT2D eigenvalue weighted by molar-refractivity contribution is 0.631. The van der Waals surface area contributed by atoms with E-state index in [0.717, 1.165) is 0 Å². The molecule has 5 aromatic carbocycles. The largest absolute Gasteiger partial charge is 0.309 e. The molecule has 8 rings (SSSR count). The van der Waals surface area contributed by atoms with Crippen molar-refractivity contribution >= 4 is 43.6 Å². The highest BCUT2D eigenvalue weighted by molar-refractivity contribution is 6.27. The van der Waals surface area contributed by atoms with Gasteiger partial charge in [-0.1, -0.05) is 86.6 Å². The summed E-state index contributed by atoms with van der Waals surface area (Å²) in [4.78, 5) is 0. The maximum Gasteiger partial charge on any atom is 0.0641 e. The quantitative estimate of drug-likeness (QED) is 0.238. The highest BCUT2D eigenvalue weighted by Crippen LogP contribution is 2.51. The molecule has 2 aromatic heterocycles. The average molecular weight is 449 g/mol. The van der Waals surface area contributed by atoms with E-state index in [1.54, 1.807) is 0 Å². The predicted octanol–water partition coefficient (Wildman–Crippen LogP) is 8.52. The van der Waals surface area contributed by atoms with E-state index in [1.807, 2.05) is 0 Å². The maximum atomic E-state index is 2.51. The van der Waals surface area contributed by atoms with Crippen LogP contribution < -0.4 is 0 Å². The third kappa shape index (κ3) is 2.25. The minimum absolute atomic E-state index is 0.108. The third-order valence-electron chi connectivity index (χ3n) is 8.08. The van der Waals surface area contributed by atoms with Crippen molar-refractivity contribution in [2.75, 3.05) is 0 Å². The Kier molecular flexibility index (Phi) is 3.50. The molecule has 1 aliphatic rings. The SMILES string of the molecule is CC1(C)c2ccccc2-n2c3ccccc3c3c2c1cc1c2ccccc2n(-c2ccccc2)c13. The molecule has 35 heavy (non-hydrogen) atoms. The summed E-state index contributed by atoms with van der Waals surface area (Å²) in [6, 6.07) is 40.0. The van der Waals surface area contributed by atoms with E-state index in [-0.39, 0.29) is 5.41 Å². The number of hydrogen-bond acceptors (Lipinski definition) is 0. The third-order valence-corrected chi connectivity index (χ3v) is 8.08. The zero-order valence-electron chi connectivity index (χ0n) is 19.8. The molecule has 0 N–H and O–H groups in total. The Labute approximate surface area is 203 Å². The zero-order valence-corrected chi connectivity index (χ0v) is 19.8. The lowest BCUT2D eigenvalue weighted by Gasteiger charge is -2.34. The summed E-state index contributed by atoms with van der Waals surface area (Å²) in [6.07, 6.45) is 0. The van der Waals surface area contributed by atoms with Gasteiger partial charge in [-0.3, -0.25) is 0 Å². The highest BCUT2D eigenvalue weighted by atomic mass is 15.0. The van der Waals surface area contributed by atoms with Crippen LogP contribution in [0.25, 0.3) is 55.0 Å². The fraction of sp³-hybridized carbons (Fsp3) is 0.0909. The van der Waals surface area contributed by atoms with Crippen LogP contribution in [0.3, 0.4) is 0 Å². The van der Waals surface area contributed by atoms with E-state index >= 15 is 0 Å². The minimum Gasteiger partial charge on any atom is -0.309 e. The summed E-state index contributed by atoms with van der Waals surface area (Å²) in [5, 5.41) is 5.27. The average Bonchev–Trinajstić information content (AvgIpc) is 3.41. The van der Waals surface area contributed by atoms with Crippen LogP contribution in [0.2, 0.25) is 0 Å². The van der Waals surface area contributed by atoms with Gasteiger partial charge in [-0.25, -0.2) is 0 Å². The first-order valence-electron chi connectivity index (χ1n) is 12.3. The monoisotopic (exact) mass is 448 g/mol. The van der Waals surface area contributed by atoms with Gasteiger partial charge in [-0.15, -0.1) is 0 Å². The first-order valence-corrected chi connectivity index (χ1v) is 12.3. The van der Waals surface area contributed by atoms with E-state index < -0.39 is 0 Å². The molecule has 166 valence electrons. The topological polar surface area (TPSA) is 9.86 Å². The van der Waals surface area contributed by atoms with Crippen molar-refractivity contribution in [3.63, 3.8) is 0 Å². The molecule has 0 amide bonds. The van der Waals surface area contributed by atoms with Crippen LogP contribution in [-0.4, -0.2) is 9.13 Å². The first kappa shape index (κ1) is 19.1. The second-order valence-electron chi connectivity index (χ2n) is 10.2. The van der Waals surface area contributed by atoms with Crippen molar-refractivity contribution in [1.29, 1.82) is 0 Å². The molecule has 0 fully saturated rings. The van der Waals surface area contributed by atoms with Gasteiger partial charge in [0.25, 0.3) is 0 Å². The first-order chi connectivity index (χ1) is 17.2. The number of hydrogen-bond donors (Lipinski definition) is 0. The Morgan fingerprint density at radius 2 is 1.14 bits per heavy atom. The molecule has 0 bridgehead atoms. The summed E-state index contributed by atoms with van der Waals surface area (Å²) in [5.74, 6) is 0. The molecule has 2 heteroatoms. The second kappa shape index (κ2) is 6.43. The van der Waals surface area contributed by atoms with Crippen LogP contribution in [0.1, 0.15) is 25.0 Å². The summed E-state index contributed by atoms with van der Waals surface area (Å²) in [5.41, 5.74) is 10.3. The molecular formula is C33H24N2. The second-order valence-corrected chi connectivity index (χ2v) is 10.2. The minimum atomic E-state index is -0.108. The molecule has 0 saturated heterocycles. The molecule has 0 radical (unpaired) electrons. The lowest BCUT2D eigenvalue weighted by Crippen LogP contribution is -2.26. The normalized spacial score (nSPS) is 14.2. The maximum absolute atomic E-state index is 2.51. The summed E-state index contributed by atoms with van der Waals surface area (Å²) >= 11 is 0. The van der Waals surface area contributed by atoms with Gasteiger partial charge in [0.15, 0.2) is 0 Å². The molecule has 1 aliphatic heterocycles. The highest BCUT2D eigenvalue weighted by Gasteiger charge is 2.36. The van der Waals surface area contributed by atoms with Gasteiger partial charge in [0, 0.05) is 32.6 Å². The van der Waals surface area contributed by atoms with E-state index in [9.17, 15) is 0 Å². The molecule has 0 spiro atoms. The van der Waals surface area contributed by atoms with Crippen molar-refractivity contribution in [2.45, 2.75) is 19.3 Å². The number of fused-ring (bicyclic) bond motifs is 9. The predicted molar refractivity (Wildman–Crippen MR) is 147 cm³/mol. The Hall–Kier alpha value is -4.30.